The van der Waals surface area contributed by atoms with Crippen LogP contribution < -0.4 is 10.5 Å². The summed E-state index contributed by atoms with van der Waals surface area (Å²) in [6.45, 7) is 2.81. The van der Waals surface area contributed by atoms with Crippen LogP contribution in [0, 0.1) is 6.92 Å². The van der Waals surface area contributed by atoms with E-state index in [2.05, 4.69) is 19.1 Å². The lowest BCUT2D eigenvalue weighted by molar-refractivity contribution is 0.269. The molecule has 0 aliphatic carbocycles. The van der Waals surface area contributed by atoms with E-state index in [0.29, 0.717) is 0 Å². The summed E-state index contributed by atoms with van der Waals surface area (Å²) in [5.41, 5.74) is 8.29. The third-order valence-corrected chi connectivity index (χ3v) is 2.25. The summed E-state index contributed by atoms with van der Waals surface area (Å²) in [6, 6.07) is 6.35. The van der Waals surface area contributed by atoms with E-state index in [0.717, 1.165) is 24.3 Å². The first-order chi connectivity index (χ1) is 5.77. The molecule has 0 saturated heterocycles. The minimum atomic E-state index is 0. The molecule has 2 rings (SSSR count). The van der Waals surface area contributed by atoms with Gasteiger partial charge in [-0.3, -0.25) is 0 Å². The minimum Gasteiger partial charge on any atom is -0.493 e. The summed E-state index contributed by atoms with van der Waals surface area (Å²) in [5, 5.41) is 0. The molecule has 0 radical (unpaired) electrons. The van der Waals surface area contributed by atoms with E-state index in [1.807, 2.05) is 6.07 Å². The van der Waals surface area contributed by atoms with Crippen molar-refractivity contribution in [2.75, 3.05) is 6.61 Å². The van der Waals surface area contributed by atoms with Crippen molar-refractivity contribution in [3.8, 4) is 5.75 Å². The quantitative estimate of drug-likeness (QED) is 0.696. The maximum atomic E-state index is 5.92. The van der Waals surface area contributed by atoms with Crippen LogP contribution in [0.15, 0.2) is 18.2 Å². The molecule has 0 bridgehead atoms. The van der Waals surface area contributed by atoms with Crippen LogP contribution in [-0.2, 0) is 0 Å². The minimum absolute atomic E-state index is 0. The van der Waals surface area contributed by atoms with Crippen molar-refractivity contribution >= 4 is 12.4 Å². The number of ether oxygens (including phenoxy) is 1. The number of halogens is 1. The van der Waals surface area contributed by atoms with Gasteiger partial charge in [-0.05, 0) is 18.6 Å². The fourth-order valence-electron chi connectivity index (χ4n) is 1.52. The van der Waals surface area contributed by atoms with E-state index in [1.165, 1.54) is 5.56 Å². The molecule has 1 aliphatic heterocycles. The van der Waals surface area contributed by atoms with Gasteiger partial charge < -0.3 is 10.5 Å². The molecule has 2 N–H and O–H groups in total. The van der Waals surface area contributed by atoms with E-state index < -0.39 is 0 Å². The van der Waals surface area contributed by atoms with Gasteiger partial charge in [-0.2, -0.15) is 0 Å². The lowest BCUT2D eigenvalue weighted by Gasteiger charge is -2.22. The monoisotopic (exact) mass is 199 g/mol. The molecule has 1 atom stereocenters. The molecule has 1 aromatic carbocycles. The molecule has 0 saturated carbocycles. The van der Waals surface area contributed by atoms with Crippen LogP contribution in [-0.4, -0.2) is 6.61 Å². The normalized spacial score (nSPS) is 19.7. The van der Waals surface area contributed by atoms with Crippen molar-refractivity contribution in [2.45, 2.75) is 19.4 Å². The first-order valence-electron chi connectivity index (χ1n) is 4.26. The van der Waals surface area contributed by atoms with Crippen LogP contribution in [0.4, 0.5) is 0 Å². The molecule has 1 heterocycles. The van der Waals surface area contributed by atoms with Gasteiger partial charge in [0.1, 0.15) is 5.75 Å². The SMILES string of the molecule is Cc1ccc2c(c1)OCC[C@H]2N.Cl. The first kappa shape index (κ1) is 10.4. The van der Waals surface area contributed by atoms with Crippen molar-refractivity contribution < 1.29 is 4.74 Å². The van der Waals surface area contributed by atoms with Crippen molar-refractivity contribution in [1.82, 2.24) is 0 Å². The molecule has 0 amide bonds. The Morgan fingerprint density at radius 1 is 1.46 bits per heavy atom. The molecule has 0 fully saturated rings. The summed E-state index contributed by atoms with van der Waals surface area (Å²) in [6.07, 6.45) is 0.927. The van der Waals surface area contributed by atoms with Crippen LogP contribution in [0.1, 0.15) is 23.6 Å². The smallest absolute Gasteiger partial charge is 0.124 e. The molecule has 2 nitrogen and oxygen atoms in total. The number of aryl methyl sites for hydroxylation is 1. The van der Waals surface area contributed by atoms with Gasteiger partial charge in [0, 0.05) is 18.0 Å². The second-order valence-electron chi connectivity index (χ2n) is 3.28. The van der Waals surface area contributed by atoms with Gasteiger partial charge in [0.15, 0.2) is 0 Å². The number of hydrogen-bond acceptors (Lipinski definition) is 2. The Hall–Kier alpha value is -0.730. The molecule has 0 aromatic heterocycles. The summed E-state index contributed by atoms with van der Waals surface area (Å²) >= 11 is 0. The highest BCUT2D eigenvalue weighted by Gasteiger charge is 2.16. The van der Waals surface area contributed by atoms with Crippen LogP contribution in [0.3, 0.4) is 0 Å². The van der Waals surface area contributed by atoms with E-state index in [9.17, 15) is 0 Å². The summed E-state index contributed by atoms with van der Waals surface area (Å²) < 4.78 is 5.49. The number of benzene rings is 1. The van der Waals surface area contributed by atoms with Crippen molar-refractivity contribution in [1.29, 1.82) is 0 Å². The van der Waals surface area contributed by atoms with E-state index >= 15 is 0 Å². The average molecular weight is 200 g/mol. The van der Waals surface area contributed by atoms with Crippen LogP contribution in [0.5, 0.6) is 5.75 Å². The number of hydrogen-bond donors (Lipinski definition) is 1. The molecule has 72 valence electrons. The number of fused-ring (bicyclic) bond motifs is 1. The van der Waals surface area contributed by atoms with Gasteiger partial charge in [-0.1, -0.05) is 12.1 Å². The number of nitrogens with two attached hydrogens (primary N) is 1. The van der Waals surface area contributed by atoms with E-state index in [-0.39, 0.29) is 18.4 Å². The van der Waals surface area contributed by atoms with Gasteiger partial charge in [-0.15, -0.1) is 12.4 Å². The molecule has 1 aliphatic rings. The zero-order valence-electron chi connectivity index (χ0n) is 7.62. The zero-order chi connectivity index (χ0) is 8.55. The average Bonchev–Trinajstić information content (AvgIpc) is 2.04. The van der Waals surface area contributed by atoms with Gasteiger partial charge in [0.2, 0.25) is 0 Å². The fourth-order valence-corrected chi connectivity index (χ4v) is 1.52. The van der Waals surface area contributed by atoms with E-state index in [4.69, 9.17) is 10.5 Å². The second-order valence-corrected chi connectivity index (χ2v) is 3.28. The highest BCUT2D eigenvalue weighted by atomic mass is 35.5. The van der Waals surface area contributed by atoms with Crippen LogP contribution in [0.25, 0.3) is 0 Å². The van der Waals surface area contributed by atoms with Gasteiger partial charge in [0.05, 0.1) is 6.61 Å². The standard InChI is InChI=1S/C10H13NO.ClH/c1-7-2-3-8-9(11)4-5-12-10(8)6-7;/h2-3,6,9H,4-5,11H2,1H3;1H/t9-;/m1./s1. The highest BCUT2D eigenvalue weighted by molar-refractivity contribution is 5.85. The van der Waals surface area contributed by atoms with Gasteiger partial charge in [-0.25, -0.2) is 0 Å². The predicted molar refractivity (Wildman–Crippen MR) is 55.5 cm³/mol. The summed E-state index contributed by atoms with van der Waals surface area (Å²) in [7, 11) is 0. The van der Waals surface area contributed by atoms with Gasteiger partial charge in [0.25, 0.3) is 0 Å². The Balaban J connectivity index is 0.000000845. The van der Waals surface area contributed by atoms with E-state index in [1.54, 1.807) is 0 Å². The van der Waals surface area contributed by atoms with Crippen molar-refractivity contribution in [3.05, 3.63) is 29.3 Å². The lowest BCUT2D eigenvalue weighted by atomic mass is 10.0. The molecule has 3 heteroatoms. The summed E-state index contributed by atoms with van der Waals surface area (Å²) in [4.78, 5) is 0. The molecule has 0 unspecified atom stereocenters. The second kappa shape index (κ2) is 3.99. The molecule has 1 aromatic rings. The first-order valence-corrected chi connectivity index (χ1v) is 4.26. The van der Waals surface area contributed by atoms with Gasteiger partial charge >= 0.3 is 0 Å². The fraction of sp³-hybridized carbons (Fsp3) is 0.400. The van der Waals surface area contributed by atoms with Crippen LogP contribution >= 0.6 is 12.4 Å². The number of rotatable bonds is 0. The largest absolute Gasteiger partial charge is 0.493 e. The molecular formula is C10H14ClNO. The topological polar surface area (TPSA) is 35.2 Å². The molecule has 13 heavy (non-hydrogen) atoms. The Labute approximate surface area is 84.5 Å². The van der Waals surface area contributed by atoms with Crippen molar-refractivity contribution in [2.24, 2.45) is 5.73 Å². The predicted octanol–water partition coefficient (Wildman–Crippen LogP) is 2.20. The third-order valence-electron chi connectivity index (χ3n) is 2.25. The lowest BCUT2D eigenvalue weighted by Crippen LogP contribution is -2.20. The maximum absolute atomic E-state index is 5.92. The molecule has 0 spiro atoms. The highest BCUT2D eigenvalue weighted by Crippen LogP contribution is 2.30. The maximum Gasteiger partial charge on any atom is 0.124 e. The Bertz CT molecular complexity index is 301. The third kappa shape index (κ3) is 1.95. The Morgan fingerprint density at radius 2 is 2.23 bits per heavy atom. The van der Waals surface area contributed by atoms with Crippen LogP contribution in [0.2, 0.25) is 0 Å². The molecular weight excluding hydrogens is 186 g/mol. The Kier molecular flexibility index (Phi) is 3.17. The Morgan fingerprint density at radius 3 is 3.00 bits per heavy atom. The summed E-state index contributed by atoms with van der Waals surface area (Å²) in [5.74, 6) is 0.966. The zero-order valence-corrected chi connectivity index (χ0v) is 8.43. The van der Waals surface area contributed by atoms with Crippen molar-refractivity contribution in [3.63, 3.8) is 0 Å².